The molecule has 25 heavy (non-hydrogen) atoms. The van der Waals surface area contributed by atoms with Gasteiger partial charge in [0.05, 0.1) is 18.3 Å². The van der Waals surface area contributed by atoms with Gasteiger partial charge in [0.2, 0.25) is 5.91 Å². The summed E-state index contributed by atoms with van der Waals surface area (Å²) in [6.07, 6.45) is -1.69. The first-order chi connectivity index (χ1) is 11.7. The summed E-state index contributed by atoms with van der Waals surface area (Å²) in [6, 6.07) is 4.84. The standard InChI is InChI=1S/C16H20F3N5O/c1-23(2)9-3-4-15(25)20-14-11-24(22-21-14)10-12-5-7-13(8-6-12)16(17,18)19/h5-8,11H,3-4,9-10H2,1-2H3,(H,20,25). The molecule has 1 aromatic carbocycles. The van der Waals surface area contributed by atoms with Crippen LogP contribution >= 0.6 is 0 Å². The number of nitrogens with zero attached hydrogens (tertiary/aromatic N) is 4. The lowest BCUT2D eigenvalue weighted by molar-refractivity contribution is -0.137. The average Bonchev–Trinajstić information content (AvgIpc) is 2.93. The number of carbonyl (C=O) groups excluding carboxylic acids is 1. The predicted octanol–water partition coefficient (Wildman–Crippen LogP) is 2.63. The van der Waals surface area contributed by atoms with Crippen molar-refractivity contribution in [1.29, 1.82) is 0 Å². The number of hydrogen-bond acceptors (Lipinski definition) is 4. The Hall–Kier alpha value is -2.42. The first-order valence-electron chi connectivity index (χ1n) is 7.75. The Morgan fingerprint density at radius 2 is 1.92 bits per heavy atom. The topological polar surface area (TPSA) is 63.1 Å². The Labute approximate surface area is 143 Å². The quantitative estimate of drug-likeness (QED) is 0.829. The maximum atomic E-state index is 12.5. The van der Waals surface area contributed by atoms with Crippen LogP contribution in [0.1, 0.15) is 24.0 Å². The van der Waals surface area contributed by atoms with Gasteiger partial charge >= 0.3 is 6.18 Å². The summed E-state index contributed by atoms with van der Waals surface area (Å²) in [6.45, 7) is 1.08. The number of hydrogen-bond donors (Lipinski definition) is 1. The summed E-state index contributed by atoms with van der Waals surface area (Å²) in [5, 5.41) is 10.4. The highest BCUT2D eigenvalue weighted by Crippen LogP contribution is 2.29. The van der Waals surface area contributed by atoms with Crippen LogP contribution in [0.5, 0.6) is 0 Å². The number of anilines is 1. The molecular weight excluding hydrogens is 335 g/mol. The van der Waals surface area contributed by atoms with E-state index in [2.05, 4.69) is 15.6 Å². The van der Waals surface area contributed by atoms with Crippen molar-refractivity contribution >= 4 is 11.7 Å². The maximum absolute atomic E-state index is 12.5. The van der Waals surface area contributed by atoms with Gasteiger partial charge in [0, 0.05) is 6.42 Å². The summed E-state index contributed by atoms with van der Waals surface area (Å²) in [5.74, 6) is 0.171. The highest BCUT2D eigenvalue weighted by atomic mass is 19.4. The van der Waals surface area contributed by atoms with E-state index in [0.717, 1.165) is 25.1 Å². The Kier molecular flexibility index (Phi) is 6.13. The predicted molar refractivity (Wildman–Crippen MR) is 87.0 cm³/mol. The molecule has 9 heteroatoms. The minimum Gasteiger partial charge on any atom is -0.309 e. The Bertz CT molecular complexity index is 695. The molecular formula is C16H20F3N5O. The molecule has 136 valence electrons. The molecule has 0 saturated heterocycles. The number of rotatable bonds is 7. The van der Waals surface area contributed by atoms with Crippen molar-refractivity contribution in [2.75, 3.05) is 26.0 Å². The zero-order valence-electron chi connectivity index (χ0n) is 14.0. The van der Waals surface area contributed by atoms with Crippen LogP contribution in [0.2, 0.25) is 0 Å². The lowest BCUT2D eigenvalue weighted by Gasteiger charge is -2.08. The van der Waals surface area contributed by atoms with E-state index >= 15 is 0 Å². The van der Waals surface area contributed by atoms with Crippen molar-refractivity contribution in [2.24, 2.45) is 0 Å². The van der Waals surface area contributed by atoms with E-state index in [4.69, 9.17) is 0 Å². The third kappa shape index (κ3) is 6.18. The van der Waals surface area contributed by atoms with Gasteiger partial charge in [-0.05, 0) is 44.8 Å². The van der Waals surface area contributed by atoms with Crippen molar-refractivity contribution in [3.63, 3.8) is 0 Å². The van der Waals surface area contributed by atoms with E-state index in [1.807, 2.05) is 19.0 Å². The third-order valence-electron chi connectivity index (χ3n) is 3.44. The number of halogens is 3. The number of carbonyl (C=O) groups is 1. The third-order valence-corrected chi connectivity index (χ3v) is 3.44. The second kappa shape index (κ2) is 8.11. The molecule has 0 aliphatic rings. The first-order valence-corrected chi connectivity index (χ1v) is 7.75. The smallest absolute Gasteiger partial charge is 0.309 e. The molecule has 0 unspecified atom stereocenters. The highest BCUT2D eigenvalue weighted by molar-refractivity contribution is 5.89. The molecule has 1 amide bonds. The van der Waals surface area contributed by atoms with Crippen LogP contribution in [0, 0.1) is 0 Å². The average molecular weight is 355 g/mol. The number of alkyl halides is 3. The molecule has 1 heterocycles. The first kappa shape index (κ1) is 18.9. The van der Waals surface area contributed by atoms with Crippen LogP contribution < -0.4 is 5.32 Å². The van der Waals surface area contributed by atoms with Gasteiger partial charge < -0.3 is 10.2 Å². The fourth-order valence-electron chi connectivity index (χ4n) is 2.18. The largest absolute Gasteiger partial charge is 0.416 e. The van der Waals surface area contributed by atoms with Crippen LogP contribution in [-0.2, 0) is 17.5 Å². The molecule has 2 aromatic rings. The molecule has 0 aliphatic heterocycles. The van der Waals surface area contributed by atoms with Gasteiger partial charge in [-0.2, -0.15) is 13.2 Å². The SMILES string of the molecule is CN(C)CCCC(=O)Nc1cn(Cc2ccc(C(F)(F)F)cc2)nn1. The second-order valence-electron chi connectivity index (χ2n) is 5.95. The van der Waals surface area contributed by atoms with Crippen LogP contribution in [0.3, 0.4) is 0 Å². The Balaban J connectivity index is 1.87. The molecule has 0 bridgehead atoms. The molecule has 0 radical (unpaired) electrons. The van der Waals surface area contributed by atoms with Crippen molar-refractivity contribution in [3.8, 4) is 0 Å². The summed E-state index contributed by atoms with van der Waals surface area (Å²) < 4.78 is 39.1. The molecule has 0 saturated carbocycles. The lowest BCUT2D eigenvalue weighted by Crippen LogP contribution is -2.17. The molecule has 0 spiro atoms. The van der Waals surface area contributed by atoms with Gasteiger partial charge in [-0.1, -0.05) is 17.3 Å². The molecule has 0 aliphatic carbocycles. The van der Waals surface area contributed by atoms with E-state index in [9.17, 15) is 18.0 Å². The normalized spacial score (nSPS) is 11.8. The van der Waals surface area contributed by atoms with Crippen LogP contribution in [-0.4, -0.2) is 46.4 Å². The van der Waals surface area contributed by atoms with Gasteiger partial charge in [0.25, 0.3) is 0 Å². The monoisotopic (exact) mass is 355 g/mol. The second-order valence-corrected chi connectivity index (χ2v) is 5.95. The maximum Gasteiger partial charge on any atom is 0.416 e. The van der Waals surface area contributed by atoms with Gasteiger partial charge in [-0.15, -0.1) is 5.10 Å². The van der Waals surface area contributed by atoms with E-state index in [0.29, 0.717) is 17.8 Å². The molecule has 0 fully saturated rings. The lowest BCUT2D eigenvalue weighted by atomic mass is 10.1. The Morgan fingerprint density at radius 3 is 2.52 bits per heavy atom. The minimum absolute atomic E-state index is 0.150. The van der Waals surface area contributed by atoms with Gasteiger partial charge in [-0.3, -0.25) is 4.79 Å². The summed E-state index contributed by atoms with van der Waals surface area (Å²) in [5.41, 5.74) is -0.0396. The van der Waals surface area contributed by atoms with Crippen LogP contribution in [0.25, 0.3) is 0 Å². The van der Waals surface area contributed by atoms with E-state index in [1.54, 1.807) is 6.20 Å². The fraction of sp³-hybridized carbons (Fsp3) is 0.438. The molecule has 6 nitrogen and oxygen atoms in total. The molecule has 1 aromatic heterocycles. The number of benzene rings is 1. The van der Waals surface area contributed by atoms with Gasteiger partial charge in [0.15, 0.2) is 5.82 Å². The van der Waals surface area contributed by atoms with Crippen LogP contribution in [0.4, 0.5) is 19.0 Å². The zero-order chi connectivity index (χ0) is 18.4. The minimum atomic E-state index is -4.35. The number of nitrogens with one attached hydrogen (secondary N) is 1. The molecule has 2 rings (SSSR count). The Morgan fingerprint density at radius 1 is 1.24 bits per heavy atom. The van der Waals surface area contributed by atoms with E-state index < -0.39 is 11.7 Å². The number of amides is 1. The fourth-order valence-corrected chi connectivity index (χ4v) is 2.18. The van der Waals surface area contributed by atoms with Crippen molar-refractivity contribution in [1.82, 2.24) is 19.9 Å². The highest BCUT2D eigenvalue weighted by Gasteiger charge is 2.29. The van der Waals surface area contributed by atoms with Crippen molar-refractivity contribution < 1.29 is 18.0 Å². The molecule has 0 atom stereocenters. The zero-order valence-corrected chi connectivity index (χ0v) is 14.0. The summed E-state index contributed by atoms with van der Waals surface area (Å²) in [4.78, 5) is 13.8. The number of aromatic nitrogens is 3. The van der Waals surface area contributed by atoms with Gasteiger partial charge in [0.1, 0.15) is 0 Å². The van der Waals surface area contributed by atoms with Crippen molar-refractivity contribution in [3.05, 3.63) is 41.6 Å². The van der Waals surface area contributed by atoms with E-state index in [1.165, 1.54) is 16.8 Å². The summed E-state index contributed by atoms with van der Waals surface area (Å²) in [7, 11) is 3.87. The van der Waals surface area contributed by atoms with E-state index in [-0.39, 0.29) is 12.5 Å². The van der Waals surface area contributed by atoms with Crippen molar-refractivity contribution in [2.45, 2.75) is 25.6 Å². The summed E-state index contributed by atoms with van der Waals surface area (Å²) >= 11 is 0. The van der Waals surface area contributed by atoms with Crippen LogP contribution in [0.15, 0.2) is 30.5 Å². The van der Waals surface area contributed by atoms with Gasteiger partial charge in [-0.25, -0.2) is 4.68 Å². The molecule has 1 N–H and O–H groups in total.